The van der Waals surface area contributed by atoms with E-state index in [9.17, 15) is 13.2 Å². The van der Waals surface area contributed by atoms with Gasteiger partial charge in [0.05, 0.1) is 6.42 Å². The Bertz CT molecular complexity index is 144. The molecule has 0 aromatic rings. The van der Waals surface area contributed by atoms with E-state index >= 15 is 0 Å². The molecule has 12 heavy (non-hydrogen) atoms. The van der Waals surface area contributed by atoms with E-state index in [1.54, 1.807) is 0 Å². The Morgan fingerprint density at radius 3 is 2.50 bits per heavy atom. The topological polar surface area (TPSA) is 12.0 Å². The Morgan fingerprint density at radius 2 is 2.08 bits per heavy atom. The van der Waals surface area contributed by atoms with Crippen LogP contribution in [-0.2, 0) is 0 Å². The molecule has 0 bridgehead atoms. The van der Waals surface area contributed by atoms with Gasteiger partial charge in [-0.3, -0.25) is 0 Å². The first-order valence-corrected chi connectivity index (χ1v) is 4.33. The molecule has 72 valence electrons. The first kappa shape index (κ1) is 9.84. The second-order valence-corrected chi connectivity index (χ2v) is 3.33. The van der Waals surface area contributed by atoms with Gasteiger partial charge in [-0.15, -0.1) is 0 Å². The first-order chi connectivity index (χ1) is 5.53. The van der Waals surface area contributed by atoms with Gasteiger partial charge < -0.3 is 5.32 Å². The van der Waals surface area contributed by atoms with Crippen molar-refractivity contribution >= 4 is 0 Å². The van der Waals surface area contributed by atoms with E-state index in [2.05, 4.69) is 12.2 Å². The fourth-order valence-electron chi connectivity index (χ4n) is 1.35. The SMILES string of the molecule is CCC1CC1NCCC(F)(F)F. The summed E-state index contributed by atoms with van der Waals surface area (Å²) >= 11 is 0. The second-order valence-electron chi connectivity index (χ2n) is 3.33. The number of hydrogen-bond donors (Lipinski definition) is 1. The molecule has 0 aromatic carbocycles. The van der Waals surface area contributed by atoms with Crippen molar-refractivity contribution in [2.45, 2.75) is 38.4 Å². The summed E-state index contributed by atoms with van der Waals surface area (Å²) in [6.45, 7) is 2.14. The summed E-state index contributed by atoms with van der Waals surface area (Å²) in [7, 11) is 0. The van der Waals surface area contributed by atoms with Crippen LogP contribution in [0.3, 0.4) is 0 Å². The molecule has 0 saturated heterocycles. The molecule has 1 aliphatic carbocycles. The lowest BCUT2D eigenvalue weighted by atomic mass is 10.3. The van der Waals surface area contributed by atoms with Crippen LogP contribution in [0, 0.1) is 5.92 Å². The highest BCUT2D eigenvalue weighted by molar-refractivity contribution is 4.91. The molecule has 0 amide bonds. The van der Waals surface area contributed by atoms with Crippen LogP contribution in [0.4, 0.5) is 13.2 Å². The molecule has 0 heterocycles. The highest BCUT2D eigenvalue weighted by Crippen LogP contribution is 2.33. The highest BCUT2D eigenvalue weighted by Gasteiger charge is 2.35. The Balaban J connectivity index is 1.98. The fourth-order valence-corrected chi connectivity index (χ4v) is 1.35. The summed E-state index contributed by atoms with van der Waals surface area (Å²) < 4.78 is 35.0. The minimum Gasteiger partial charge on any atom is -0.313 e. The van der Waals surface area contributed by atoms with Crippen LogP contribution in [0.15, 0.2) is 0 Å². The fraction of sp³-hybridized carbons (Fsp3) is 1.00. The minimum absolute atomic E-state index is 0.0741. The van der Waals surface area contributed by atoms with Crippen LogP contribution in [-0.4, -0.2) is 18.8 Å². The summed E-state index contributed by atoms with van der Waals surface area (Å²) in [5, 5.41) is 2.89. The van der Waals surface area contributed by atoms with Gasteiger partial charge in [-0.2, -0.15) is 13.2 Å². The van der Waals surface area contributed by atoms with Crippen LogP contribution >= 0.6 is 0 Å². The van der Waals surface area contributed by atoms with Gasteiger partial charge in [-0.25, -0.2) is 0 Å². The number of alkyl halides is 3. The maximum Gasteiger partial charge on any atom is 0.390 e. The van der Waals surface area contributed by atoms with Crippen molar-refractivity contribution in [3.63, 3.8) is 0 Å². The molecule has 0 aromatic heterocycles. The molecule has 0 radical (unpaired) electrons. The van der Waals surface area contributed by atoms with Gasteiger partial charge in [0, 0.05) is 12.6 Å². The standard InChI is InChI=1S/C8H14F3N/c1-2-6-5-7(6)12-4-3-8(9,10)11/h6-7,12H,2-5H2,1H3. The zero-order chi connectivity index (χ0) is 9.19. The second kappa shape index (κ2) is 3.64. The molecule has 1 nitrogen and oxygen atoms in total. The van der Waals surface area contributed by atoms with Crippen molar-refractivity contribution in [2.75, 3.05) is 6.54 Å². The molecular weight excluding hydrogens is 167 g/mol. The van der Waals surface area contributed by atoms with Gasteiger partial charge in [0.2, 0.25) is 0 Å². The molecule has 1 fully saturated rings. The van der Waals surface area contributed by atoms with E-state index < -0.39 is 12.6 Å². The monoisotopic (exact) mass is 181 g/mol. The van der Waals surface area contributed by atoms with Crippen molar-refractivity contribution in [1.82, 2.24) is 5.32 Å². The summed E-state index contributed by atoms with van der Waals surface area (Å²) in [6.07, 6.45) is -2.60. The largest absolute Gasteiger partial charge is 0.390 e. The molecule has 2 atom stereocenters. The number of rotatable bonds is 4. The van der Waals surface area contributed by atoms with E-state index in [1.165, 1.54) is 0 Å². The van der Waals surface area contributed by atoms with E-state index in [0.29, 0.717) is 12.0 Å². The van der Waals surface area contributed by atoms with Crippen LogP contribution in [0.1, 0.15) is 26.2 Å². The van der Waals surface area contributed by atoms with Crippen molar-refractivity contribution in [1.29, 1.82) is 0 Å². The van der Waals surface area contributed by atoms with Crippen molar-refractivity contribution in [3.8, 4) is 0 Å². The molecule has 0 aliphatic heterocycles. The lowest BCUT2D eigenvalue weighted by Crippen LogP contribution is -2.24. The van der Waals surface area contributed by atoms with Gasteiger partial charge in [0.25, 0.3) is 0 Å². The Labute approximate surface area is 70.3 Å². The minimum atomic E-state index is -4.01. The van der Waals surface area contributed by atoms with Crippen molar-refractivity contribution in [2.24, 2.45) is 5.92 Å². The molecule has 1 saturated carbocycles. The number of halogens is 3. The first-order valence-electron chi connectivity index (χ1n) is 4.33. The Morgan fingerprint density at radius 1 is 1.42 bits per heavy atom. The van der Waals surface area contributed by atoms with E-state index in [4.69, 9.17) is 0 Å². The van der Waals surface area contributed by atoms with Crippen molar-refractivity contribution < 1.29 is 13.2 Å². The van der Waals surface area contributed by atoms with Crippen LogP contribution in [0.2, 0.25) is 0 Å². The maximum atomic E-state index is 11.7. The van der Waals surface area contributed by atoms with Crippen molar-refractivity contribution in [3.05, 3.63) is 0 Å². The van der Waals surface area contributed by atoms with Gasteiger partial charge in [-0.05, 0) is 12.3 Å². The molecule has 1 N–H and O–H groups in total. The third kappa shape index (κ3) is 3.43. The maximum absolute atomic E-state index is 11.7. The molecule has 1 aliphatic rings. The van der Waals surface area contributed by atoms with Crippen LogP contribution < -0.4 is 5.32 Å². The number of hydrogen-bond acceptors (Lipinski definition) is 1. The average Bonchev–Trinajstić information content (AvgIpc) is 2.64. The van der Waals surface area contributed by atoms with Gasteiger partial charge in [-0.1, -0.05) is 13.3 Å². The summed E-state index contributed by atoms with van der Waals surface area (Å²) in [5.74, 6) is 0.623. The smallest absolute Gasteiger partial charge is 0.313 e. The lowest BCUT2D eigenvalue weighted by Gasteiger charge is -2.06. The Kier molecular flexibility index (Phi) is 2.99. The lowest BCUT2D eigenvalue weighted by molar-refractivity contribution is -0.133. The van der Waals surface area contributed by atoms with Crippen LogP contribution in [0.5, 0.6) is 0 Å². The third-order valence-corrected chi connectivity index (χ3v) is 2.26. The summed E-state index contributed by atoms with van der Waals surface area (Å²) in [5.41, 5.74) is 0. The number of nitrogens with one attached hydrogen (secondary N) is 1. The zero-order valence-electron chi connectivity index (χ0n) is 7.12. The molecular formula is C8H14F3N. The quantitative estimate of drug-likeness (QED) is 0.701. The Hall–Kier alpha value is -0.250. The third-order valence-electron chi connectivity index (χ3n) is 2.26. The van der Waals surface area contributed by atoms with Gasteiger partial charge in [0.15, 0.2) is 0 Å². The molecule has 2 unspecified atom stereocenters. The summed E-state index contributed by atoms with van der Waals surface area (Å²) in [4.78, 5) is 0. The highest BCUT2D eigenvalue weighted by atomic mass is 19.4. The predicted octanol–water partition coefficient (Wildman–Crippen LogP) is 2.33. The molecule has 4 heteroatoms. The molecule has 0 spiro atoms. The molecule has 1 rings (SSSR count). The predicted molar refractivity (Wildman–Crippen MR) is 40.9 cm³/mol. The van der Waals surface area contributed by atoms with Crippen LogP contribution in [0.25, 0.3) is 0 Å². The normalized spacial score (nSPS) is 29.0. The average molecular weight is 181 g/mol. The summed E-state index contributed by atoms with van der Waals surface area (Å²) in [6, 6.07) is 0.359. The van der Waals surface area contributed by atoms with Gasteiger partial charge in [0.1, 0.15) is 0 Å². The van der Waals surface area contributed by atoms with E-state index in [-0.39, 0.29) is 6.54 Å². The van der Waals surface area contributed by atoms with E-state index in [1.807, 2.05) is 0 Å². The zero-order valence-corrected chi connectivity index (χ0v) is 7.12. The van der Waals surface area contributed by atoms with E-state index in [0.717, 1.165) is 12.8 Å². The van der Waals surface area contributed by atoms with Gasteiger partial charge >= 0.3 is 6.18 Å².